The van der Waals surface area contributed by atoms with Crippen LogP contribution in [0.4, 0.5) is 5.69 Å². The van der Waals surface area contributed by atoms with Crippen molar-refractivity contribution in [3.63, 3.8) is 0 Å². The summed E-state index contributed by atoms with van der Waals surface area (Å²) in [5.41, 5.74) is 1.81. The van der Waals surface area contributed by atoms with E-state index in [1.54, 1.807) is 24.3 Å². The van der Waals surface area contributed by atoms with Gasteiger partial charge in [-0.1, -0.05) is 28.1 Å². The first-order chi connectivity index (χ1) is 12.9. The van der Waals surface area contributed by atoms with Gasteiger partial charge in [0.15, 0.2) is 18.1 Å². The van der Waals surface area contributed by atoms with Crippen molar-refractivity contribution in [1.29, 1.82) is 0 Å². The lowest BCUT2D eigenvalue weighted by molar-refractivity contribution is -0.385. The molecule has 0 aliphatic heterocycles. The number of aromatic hydroxyl groups is 1. The highest BCUT2D eigenvalue weighted by atomic mass is 79.9. The highest BCUT2D eigenvalue weighted by Gasteiger charge is 2.17. The molecule has 142 valence electrons. The molecule has 2 N–H and O–H groups in total. The van der Waals surface area contributed by atoms with Crippen LogP contribution in [-0.4, -0.2) is 35.4 Å². The van der Waals surface area contributed by atoms with Crippen LogP contribution in [0.25, 0.3) is 0 Å². The Morgan fingerprint density at radius 1 is 1.33 bits per heavy atom. The fourth-order valence-electron chi connectivity index (χ4n) is 2.04. The van der Waals surface area contributed by atoms with Gasteiger partial charge in [0.05, 0.1) is 17.7 Å². The predicted molar refractivity (Wildman–Crippen MR) is 101 cm³/mol. The average Bonchev–Trinajstić information content (AvgIpc) is 2.63. The highest BCUT2D eigenvalue weighted by molar-refractivity contribution is 9.10. The zero-order valence-electron chi connectivity index (χ0n) is 14.2. The summed E-state index contributed by atoms with van der Waals surface area (Å²) in [4.78, 5) is 22.0. The van der Waals surface area contributed by atoms with Crippen molar-refractivity contribution in [2.24, 2.45) is 5.10 Å². The largest absolute Gasteiger partial charge is 0.502 e. The van der Waals surface area contributed by atoms with E-state index in [2.05, 4.69) is 26.5 Å². The van der Waals surface area contributed by atoms with Crippen LogP contribution in [0.15, 0.2) is 46.0 Å². The number of phenolic OH excluding ortho intramolecular Hbond substituents is 1. The topological polar surface area (TPSA) is 123 Å². The first kappa shape index (κ1) is 20.2. The van der Waals surface area contributed by atoms with E-state index in [4.69, 9.17) is 9.47 Å². The van der Waals surface area contributed by atoms with Gasteiger partial charge in [0.2, 0.25) is 5.75 Å². The van der Waals surface area contributed by atoms with Gasteiger partial charge in [-0.3, -0.25) is 14.9 Å². The maximum atomic E-state index is 11.8. The number of rotatable bonds is 8. The number of nitrogens with one attached hydrogen (secondary N) is 1. The first-order valence-electron chi connectivity index (χ1n) is 7.75. The molecule has 10 heteroatoms. The van der Waals surface area contributed by atoms with E-state index in [-0.39, 0.29) is 12.2 Å². The minimum atomic E-state index is -0.723. The summed E-state index contributed by atoms with van der Waals surface area (Å²) >= 11 is 3.11. The molecule has 0 bridgehead atoms. The van der Waals surface area contributed by atoms with Crippen LogP contribution >= 0.6 is 15.9 Å². The normalized spacial score (nSPS) is 10.6. The first-order valence-corrected chi connectivity index (χ1v) is 8.55. The lowest BCUT2D eigenvalue weighted by Crippen LogP contribution is -2.24. The summed E-state index contributed by atoms with van der Waals surface area (Å²) in [6, 6.07) is 9.50. The third kappa shape index (κ3) is 5.68. The molecule has 0 saturated heterocycles. The van der Waals surface area contributed by atoms with Crippen molar-refractivity contribution >= 4 is 33.7 Å². The van der Waals surface area contributed by atoms with Crippen LogP contribution < -0.4 is 14.9 Å². The van der Waals surface area contributed by atoms with Gasteiger partial charge < -0.3 is 14.6 Å². The van der Waals surface area contributed by atoms with Gasteiger partial charge in [-0.15, -0.1) is 0 Å². The number of hydrazone groups is 1. The Hall–Kier alpha value is -3.14. The minimum absolute atomic E-state index is 0.0685. The predicted octanol–water partition coefficient (Wildman–Crippen LogP) is 2.99. The highest BCUT2D eigenvalue weighted by Crippen LogP contribution is 2.32. The Balaban J connectivity index is 1.97. The molecule has 0 atom stereocenters. The second-order valence-electron chi connectivity index (χ2n) is 5.08. The molecule has 0 fully saturated rings. The average molecular weight is 438 g/mol. The number of phenols is 1. The molecule has 2 aromatic rings. The zero-order valence-corrected chi connectivity index (χ0v) is 15.8. The summed E-state index contributed by atoms with van der Waals surface area (Å²) in [6.45, 7) is 1.98. The molecule has 0 saturated carbocycles. The Bertz CT molecular complexity index is 872. The van der Waals surface area contributed by atoms with Gasteiger partial charge in [0.1, 0.15) is 0 Å². The van der Waals surface area contributed by atoms with Crippen molar-refractivity contribution in [1.82, 2.24) is 5.43 Å². The van der Waals surface area contributed by atoms with Crippen molar-refractivity contribution in [2.45, 2.75) is 6.92 Å². The molecule has 1 amide bonds. The summed E-state index contributed by atoms with van der Waals surface area (Å²) in [5.74, 6) is -0.175. The number of amides is 1. The van der Waals surface area contributed by atoms with E-state index < -0.39 is 22.3 Å². The summed E-state index contributed by atoms with van der Waals surface area (Å²) in [7, 11) is 0. The van der Waals surface area contributed by atoms with Crippen LogP contribution in [0.2, 0.25) is 0 Å². The molecular weight excluding hydrogens is 422 g/mol. The Kier molecular flexibility index (Phi) is 7.12. The number of benzene rings is 2. The maximum Gasteiger partial charge on any atom is 0.312 e. The number of para-hydroxylation sites is 2. The molecule has 0 aromatic heterocycles. The molecule has 0 aliphatic carbocycles. The molecule has 0 heterocycles. The Labute approximate surface area is 162 Å². The van der Waals surface area contributed by atoms with E-state index in [1.807, 2.05) is 6.92 Å². The third-order valence-electron chi connectivity index (χ3n) is 3.18. The maximum absolute atomic E-state index is 11.8. The number of carbonyl (C=O) groups excluding carboxylic acids is 1. The van der Waals surface area contributed by atoms with Crippen LogP contribution in [0, 0.1) is 10.1 Å². The van der Waals surface area contributed by atoms with Gasteiger partial charge >= 0.3 is 5.69 Å². The standard InChI is InChI=1S/C17H16BrN3O6/c1-2-26-14-5-3-4-6-15(14)27-10-16(22)20-19-9-11-7-12(18)8-13(17(11)23)21(24)25/h3-9,23H,2,10H2,1H3,(H,20,22)/b19-9+. The second kappa shape index (κ2) is 9.53. The fraction of sp³-hybridized carbons (Fsp3) is 0.176. The number of ether oxygens (including phenoxy) is 2. The molecule has 0 radical (unpaired) electrons. The van der Waals surface area contributed by atoms with Gasteiger partial charge in [-0.25, -0.2) is 5.43 Å². The van der Waals surface area contributed by atoms with Gasteiger partial charge in [0, 0.05) is 16.1 Å². The second-order valence-corrected chi connectivity index (χ2v) is 6.00. The van der Waals surface area contributed by atoms with E-state index in [0.717, 1.165) is 12.3 Å². The Morgan fingerprint density at radius 2 is 2.00 bits per heavy atom. The van der Waals surface area contributed by atoms with Crippen LogP contribution in [-0.2, 0) is 4.79 Å². The number of halogens is 1. The van der Waals surface area contributed by atoms with Crippen molar-refractivity contribution in [3.8, 4) is 17.2 Å². The van der Waals surface area contributed by atoms with Crippen molar-refractivity contribution in [3.05, 3.63) is 56.5 Å². The summed E-state index contributed by atoms with van der Waals surface area (Å²) in [6.07, 6.45) is 1.10. The molecule has 27 heavy (non-hydrogen) atoms. The van der Waals surface area contributed by atoms with Crippen LogP contribution in [0.3, 0.4) is 0 Å². The van der Waals surface area contributed by atoms with Crippen LogP contribution in [0.1, 0.15) is 12.5 Å². The smallest absolute Gasteiger partial charge is 0.312 e. The zero-order chi connectivity index (χ0) is 19.8. The van der Waals surface area contributed by atoms with Crippen LogP contribution in [0.5, 0.6) is 17.2 Å². The van der Waals surface area contributed by atoms with Crippen molar-refractivity contribution < 1.29 is 24.3 Å². The summed E-state index contributed by atoms with van der Waals surface area (Å²) in [5, 5.41) is 24.4. The molecule has 9 nitrogen and oxygen atoms in total. The Morgan fingerprint density at radius 3 is 2.63 bits per heavy atom. The van der Waals surface area contributed by atoms with Gasteiger partial charge in [0.25, 0.3) is 5.91 Å². The minimum Gasteiger partial charge on any atom is -0.502 e. The number of hydrogen-bond donors (Lipinski definition) is 2. The molecule has 0 aliphatic rings. The molecule has 2 aromatic carbocycles. The molecule has 0 unspecified atom stereocenters. The van der Waals surface area contributed by atoms with E-state index in [9.17, 15) is 20.0 Å². The third-order valence-corrected chi connectivity index (χ3v) is 3.64. The van der Waals surface area contributed by atoms with Gasteiger partial charge in [-0.2, -0.15) is 5.10 Å². The lowest BCUT2D eigenvalue weighted by atomic mass is 10.2. The SMILES string of the molecule is CCOc1ccccc1OCC(=O)N/N=C/c1cc(Br)cc([N+](=O)[O-])c1O. The quantitative estimate of drug-likeness (QED) is 0.371. The number of nitrogens with zero attached hydrogens (tertiary/aromatic N) is 2. The fourth-order valence-corrected chi connectivity index (χ4v) is 2.50. The molecule has 2 rings (SSSR count). The van der Waals surface area contributed by atoms with Gasteiger partial charge in [-0.05, 0) is 25.1 Å². The van der Waals surface area contributed by atoms with E-state index in [1.165, 1.54) is 6.07 Å². The number of hydrogen-bond acceptors (Lipinski definition) is 7. The van der Waals surface area contributed by atoms with E-state index in [0.29, 0.717) is 22.6 Å². The molecular formula is C17H16BrN3O6. The lowest BCUT2D eigenvalue weighted by Gasteiger charge is -2.10. The van der Waals surface area contributed by atoms with Crippen molar-refractivity contribution in [2.75, 3.05) is 13.2 Å². The molecule has 0 spiro atoms. The monoisotopic (exact) mass is 437 g/mol. The number of carbonyl (C=O) groups is 1. The summed E-state index contributed by atoms with van der Waals surface area (Å²) < 4.78 is 11.2. The number of nitro groups is 1. The van der Waals surface area contributed by atoms with E-state index >= 15 is 0 Å². The number of nitro benzene ring substituents is 1.